The first-order valence-electron chi connectivity index (χ1n) is 10.6. The average molecular weight is 347 g/mol. The summed E-state index contributed by atoms with van der Waals surface area (Å²) in [6, 6.07) is 8.47. The van der Waals surface area contributed by atoms with Gasteiger partial charge in [-0.2, -0.15) is 0 Å². The van der Waals surface area contributed by atoms with E-state index in [-0.39, 0.29) is 0 Å². The fraction of sp³-hybridized carbons (Fsp3) is 0.538. The molecule has 1 aromatic rings. The first kappa shape index (κ1) is 20.4. The maximum absolute atomic E-state index is 3.43. The van der Waals surface area contributed by atoms with E-state index in [9.17, 15) is 0 Å². The average Bonchev–Trinajstić information content (AvgIpc) is 2.69. The van der Waals surface area contributed by atoms with Crippen molar-refractivity contribution in [2.24, 2.45) is 11.8 Å². The van der Waals surface area contributed by atoms with Crippen LogP contribution < -0.4 is 0 Å². The summed E-state index contributed by atoms with van der Waals surface area (Å²) >= 11 is 0. The standard InChI is InChI=1S/C26H34/c1-3-5-6-9-12-25-19-21-26(22-20-25)14-11-8-7-10-13-24-17-15-23(4-2)16-18-24/h7-8,15-18,25-26H,3-6,9,12,19-22H2,1-2H3. The fourth-order valence-electron chi connectivity index (χ4n) is 3.65. The molecule has 0 heteroatoms. The normalized spacial score (nSPS) is 19.5. The Hall–Kier alpha value is -1.92. The molecule has 0 radical (unpaired) electrons. The van der Waals surface area contributed by atoms with Gasteiger partial charge in [-0.15, -0.1) is 0 Å². The van der Waals surface area contributed by atoms with Crippen LogP contribution in [0.2, 0.25) is 0 Å². The maximum atomic E-state index is 3.43. The molecule has 2 rings (SSSR count). The molecular weight excluding hydrogens is 312 g/mol. The Balaban J connectivity index is 1.67. The number of benzene rings is 1. The zero-order chi connectivity index (χ0) is 18.5. The Bertz CT molecular complexity index is 646. The third-order valence-electron chi connectivity index (χ3n) is 5.43. The van der Waals surface area contributed by atoms with Crippen molar-refractivity contribution in [3.63, 3.8) is 0 Å². The topological polar surface area (TPSA) is 0 Å². The van der Waals surface area contributed by atoms with Gasteiger partial charge in [0.15, 0.2) is 0 Å². The van der Waals surface area contributed by atoms with Gasteiger partial charge in [-0.25, -0.2) is 0 Å². The molecule has 0 unspecified atom stereocenters. The third kappa shape index (κ3) is 7.97. The number of hydrogen-bond acceptors (Lipinski definition) is 0. The number of allylic oxidation sites excluding steroid dienone is 2. The smallest absolute Gasteiger partial charge is 0.0249 e. The van der Waals surface area contributed by atoms with Crippen molar-refractivity contribution in [2.45, 2.75) is 78.1 Å². The monoisotopic (exact) mass is 346 g/mol. The number of hydrogen-bond donors (Lipinski definition) is 0. The lowest BCUT2D eigenvalue weighted by atomic mass is 9.80. The molecule has 0 bridgehead atoms. The van der Waals surface area contributed by atoms with Crippen LogP contribution in [0.3, 0.4) is 0 Å². The summed E-state index contributed by atoms with van der Waals surface area (Å²) in [5, 5.41) is 0. The molecule has 0 saturated heterocycles. The second-order valence-corrected chi connectivity index (χ2v) is 7.51. The molecule has 1 aliphatic rings. The van der Waals surface area contributed by atoms with Gasteiger partial charge in [0.05, 0.1) is 0 Å². The molecule has 0 nitrogen and oxygen atoms in total. The van der Waals surface area contributed by atoms with Gasteiger partial charge in [-0.1, -0.05) is 81.8 Å². The quantitative estimate of drug-likeness (QED) is 0.387. The molecule has 0 N–H and O–H groups in total. The van der Waals surface area contributed by atoms with Gasteiger partial charge in [0.25, 0.3) is 0 Å². The van der Waals surface area contributed by atoms with Crippen LogP contribution in [0.25, 0.3) is 0 Å². The summed E-state index contributed by atoms with van der Waals surface area (Å²) in [5.41, 5.74) is 2.42. The van der Waals surface area contributed by atoms with Crippen LogP contribution in [-0.2, 0) is 6.42 Å². The van der Waals surface area contributed by atoms with Gasteiger partial charge in [0.1, 0.15) is 0 Å². The van der Waals surface area contributed by atoms with E-state index in [1.54, 1.807) is 0 Å². The van der Waals surface area contributed by atoms with E-state index < -0.39 is 0 Å². The Morgan fingerprint density at radius 1 is 0.885 bits per heavy atom. The molecule has 1 fully saturated rings. The Kier molecular flexibility index (Phi) is 9.75. The molecule has 1 saturated carbocycles. The SMILES string of the molecule is CCCCCCC1CCC(C#CC=CC#Cc2ccc(CC)cc2)CC1. The maximum Gasteiger partial charge on any atom is 0.0249 e. The first-order chi connectivity index (χ1) is 12.8. The predicted molar refractivity (Wildman–Crippen MR) is 114 cm³/mol. The highest BCUT2D eigenvalue weighted by Crippen LogP contribution is 2.31. The zero-order valence-corrected chi connectivity index (χ0v) is 16.7. The van der Waals surface area contributed by atoms with Crippen LogP contribution in [0.1, 0.15) is 82.8 Å². The van der Waals surface area contributed by atoms with E-state index in [4.69, 9.17) is 0 Å². The van der Waals surface area contributed by atoms with E-state index >= 15 is 0 Å². The molecule has 0 aromatic heterocycles. The summed E-state index contributed by atoms with van der Waals surface area (Å²) in [6.07, 6.45) is 17.2. The van der Waals surface area contributed by atoms with Gasteiger partial charge < -0.3 is 0 Å². The molecule has 0 atom stereocenters. The van der Waals surface area contributed by atoms with Crippen LogP contribution in [-0.4, -0.2) is 0 Å². The number of aryl methyl sites for hydroxylation is 1. The van der Waals surface area contributed by atoms with E-state index in [0.29, 0.717) is 5.92 Å². The molecular formula is C26H34. The minimum atomic E-state index is 0.598. The summed E-state index contributed by atoms with van der Waals surface area (Å²) in [7, 11) is 0. The summed E-state index contributed by atoms with van der Waals surface area (Å²) in [4.78, 5) is 0. The molecule has 26 heavy (non-hydrogen) atoms. The first-order valence-corrected chi connectivity index (χ1v) is 10.6. The highest BCUT2D eigenvalue weighted by Gasteiger charge is 2.19. The predicted octanol–water partition coefficient (Wildman–Crippen LogP) is 6.94. The molecule has 0 spiro atoms. The molecule has 138 valence electrons. The molecule has 1 aliphatic carbocycles. The van der Waals surface area contributed by atoms with Gasteiger partial charge in [-0.05, 0) is 67.9 Å². The highest BCUT2D eigenvalue weighted by atomic mass is 14.2. The van der Waals surface area contributed by atoms with E-state index in [1.165, 1.54) is 63.4 Å². The van der Waals surface area contributed by atoms with E-state index in [0.717, 1.165) is 17.9 Å². The molecule has 0 heterocycles. The van der Waals surface area contributed by atoms with Gasteiger partial charge >= 0.3 is 0 Å². The van der Waals surface area contributed by atoms with Crippen molar-refractivity contribution < 1.29 is 0 Å². The second kappa shape index (κ2) is 12.4. The van der Waals surface area contributed by atoms with Crippen molar-refractivity contribution in [1.82, 2.24) is 0 Å². The summed E-state index contributed by atoms with van der Waals surface area (Å²) in [5.74, 6) is 14.4. The van der Waals surface area contributed by atoms with Gasteiger partial charge in [0, 0.05) is 11.5 Å². The largest absolute Gasteiger partial charge is 0.0951 e. The minimum Gasteiger partial charge on any atom is -0.0951 e. The molecule has 0 amide bonds. The van der Waals surface area contributed by atoms with Crippen molar-refractivity contribution in [3.05, 3.63) is 47.5 Å². The lowest BCUT2D eigenvalue weighted by Crippen LogP contribution is -2.13. The van der Waals surface area contributed by atoms with Crippen molar-refractivity contribution in [3.8, 4) is 23.7 Å². The fourth-order valence-corrected chi connectivity index (χ4v) is 3.65. The van der Waals surface area contributed by atoms with Crippen LogP contribution >= 0.6 is 0 Å². The second-order valence-electron chi connectivity index (χ2n) is 7.51. The summed E-state index contributed by atoms with van der Waals surface area (Å²) < 4.78 is 0. The molecule has 0 aliphatic heterocycles. The number of rotatable bonds is 6. The van der Waals surface area contributed by atoms with E-state index in [2.05, 4.69) is 61.8 Å². The van der Waals surface area contributed by atoms with Crippen LogP contribution in [0.15, 0.2) is 36.4 Å². The van der Waals surface area contributed by atoms with Crippen molar-refractivity contribution in [2.75, 3.05) is 0 Å². The zero-order valence-electron chi connectivity index (χ0n) is 16.7. The van der Waals surface area contributed by atoms with Gasteiger partial charge in [0.2, 0.25) is 0 Å². The van der Waals surface area contributed by atoms with Crippen molar-refractivity contribution in [1.29, 1.82) is 0 Å². The van der Waals surface area contributed by atoms with Crippen LogP contribution in [0.4, 0.5) is 0 Å². The lowest BCUT2D eigenvalue weighted by Gasteiger charge is -2.25. The van der Waals surface area contributed by atoms with E-state index in [1.807, 2.05) is 12.2 Å². The number of unbranched alkanes of at least 4 members (excludes halogenated alkanes) is 3. The molecule has 1 aromatic carbocycles. The lowest BCUT2D eigenvalue weighted by molar-refractivity contribution is 0.294. The van der Waals surface area contributed by atoms with Crippen molar-refractivity contribution >= 4 is 0 Å². The minimum absolute atomic E-state index is 0.598. The summed E-state index contributed by atoms with van der Waals surface area (Å²) in [6.45, 7) is 4.45. The van der Waals surface area contributed by atoms with Crippen LogP contribution in [0.5, 0.6) is 0 Å². The Morgan fingerprint density at radius 2 is 1.62 bits per heavy atom. The van der Waals surface area contributed by atoms with Crippen LogP contribution in [0, 0.1) is 35.5 Å². The highest BCUT2D eigenvalue weighted by molar-refractivity contribution is 5.39. The Labute approximate surface area is 161 Å². The Morgan fingerprint density at radius 3 is 2.31 bits per heavy atom. The third-order valence-corrected chi connectivity index (χ3v) is 5.43. The van der Waals surface area contributed by atoms with Gasteiger partial charge in [-0.3, -0.25) is 0 Å².